The molecule has 0 radical (unpaired) electrons. The van der Waals surface area contributed by atoms with Crippen molar-refractivity contribution in [3.05, 3.63) is 57.6 Å². The van der Waals surface area contributed by atoms with Gasteiger partial charge < -0.3 is 10.1 Å². The molecule has 2 heterocycles. The van der Waals surface area contributed by atoms with E-state index in [1.807, 2.05) is 0 Å². The maximum atomic E-state index is 12.6. The van der Waals surface area contributed by atoms with Crippen LogP contribution in [0.25, 0.3) is 10.6 Å². The predicted octanol–water partition coefficient (Wildman–Crippen LogP) is 5.45. The summed E-state index contributed by atoms with van der Waals surface area (Å²) in [7, 11) is 0. The van der Waals surface area contributed by atoms with Gasteiger partial charge in [0.25, 0.3) is 5.91 Å². The van der Waals surface area contributed by atoms with Gasteiger partial charge in [-0.2, -0.15) is 5.26 Å². The summed E-state index contributed by atoms with van der Waals surface area (Å²) in [5.41, 5.74) is 1.03. The zero-order valence-corrected chi connectivity index (χ0v) is 16.8. The van der Waals surface area contributed by atoms with Gasteiger partial charge in [0.15, 0.2) is 11.6 Å². The number of aromatic nitrogens is 2. The molecule has 28 heavy (non-hydrogen) atoms. The Morgan fingerprint density at radius 2 is 2.14 bits per heavy atom. The number of nitrogens with one attached hydrogen (secondary N) is 1. The van der Waals surface area contributed by atoms with Crippen molar-refractivity contribution in [3.8, 4) is 22.4 Å². The maximum Gasteiger partial charge on any atom is 0.276 e. The summed E-state index contributed by atoms with van der Waals surface area (Å²) >= 11 is 13.3. The third-order valence-corrected chi connectivity index (χ3v) is 5.23. The number of thiazole rings is 1. The molecule has 2 aromatic heterocycles. The lowest BCUT2D eigenvalue weighted by Crippen LogP contribution is -2.14. The number of ether oxygens (including phenoxy) is 1. The monoisotopic (exact) mass is 432 g/mol. The number of unbranched alkanes of at least 4 members (excludes halogenated alkanes) is 1. The van der Waals surface area contributed by atoms with E-state index in [1.165, 1.54) is 11.3 Å². The van der Waals surface area contributed by atoms with Crippen LogP contribution in [-0.2, 0) is 0 Å². The number of pyridine rings is 1. The predicted molar refractivity (Wildman–Crippen MR) is 110 cm³/mol. The first-order chi connectivity index (χ1) is 13.6. The smallest absolute Gasteiger partial charge is 0.276 e. The fraction of sp³-hybridized carbons (Fsp3) is 0.158. The molecule has 6 nitrogen and oxygen atoms in total. The Kier molecular flexibility index (Phi) is 6.82. The van der Waals surface area contributed by atoms with Crippen molar-refractivity contribution >= 4 is 46.3 Å². The maximum absolute atomic E-state index is 12.6. The highest BCUT2D eigenvalue weighted by atomic mass is 35.5. The standard InChI is InChI=1S/C19H14Cl2N4O2S/c20-13-6-5-12(10-14(13)21)19-24-15(11-28-19)18(26)25-17-16(4-3-8-23-17)27-9-2-1-7-22/h3-6,8,10-11H,1-2,9H2,(H,23,25,26). The Balaban J connectivity index is 1.71. The highest BCUT2D eigenvalue weighted by Crippen LogP contribution is 2.30. The average molecular weight is 433 g/mol. The lowest BCUT2D eigenvalue weighted by Gasteiger charge is -2.10. The molecule has 0 bridgehead atoms. The number of rotatable bonds is 7. The lowest BCUT2D eigenvalue weighted by atomic mass is 10.2. The van der Waals surface area contributed by atoms with Crippen LogP contribution in [0.3, 0.4) is 0 Å². The van der Waals surface area contributed by atoms with Gasteiger partial charge in [-0.1, -0.05) is 29.3 Å². The van der Waals surface area contributed by atoms with Crippen LogP contribution in [0.5, 0.6) is 5.75 Å². The number of carbonyl (C=O) groups excluding carboxylic acids is 1. The molecule has 0 aliphatic heterocycles. The molecule has 0 saturated carbocycles. The van der Waals surface area contributed by atoms with E-state index in [0.29, 0.717) is 46.1 Å². The first-order valence-electron chi connectivity index (χ1n) is 8.25. The van der Waals surface area contributed by atoms with Crippen molar-refractivity contribution in [2.75, 3.05) is 11.9 Å². The molecular formula is C19H14Cl2N4O2S. The van der Waals surface area contributed by atoms with Crippen LogP contribution >= 0.6 is 34.5 Å². The average Bonchev–Trinajstić information content (AvgIpc) is 3.19. The Morgan fingerprint density at radius 3 is 2.93 bits per heavy atom. The number of benzene rings is 1. The fourth-order valence-corrected chi connectivity index (χ4v) is 3.34. The number of carbonyl (C=O) groups is 1. The molecule has 9 heteroatoms. The normalized spacial score (nSPS) is 10.3. The van der Waals surface area contributed by atoms with Gasteiger partial charge in [-0.15, -0.1) is 11.3 Å². The molecular weight excluding hydrogens is 419 g/mol. The van der Waals surface area contributed by atoms with Crippen molar-refractivity contribution in [1.82, 2.24) is 9.97 Å². The van der Waals surface area contributed by atoms with Crippen molar-refractivity contribution in [2.24, 2.45) is 0 Å². The van der Waals surface area contributed by atoms with Crippen molar-refractivity contribution in [2.45, 2.75) is 12.8 Å². The number of hydrogen-bond acceptors (Lipinski definition) is 6. The van der Waals surface area contributed by atoms with Gasteiger partial charge in [0.05, 0.1) is 22.7 Å². The Bertz CT molecular complexity index is 1030. The van der Waals surface area contributed by atoms with Gasteiger partial charge in [0, 0.05) is 23.6 Å². The Labute approximate surface area is 175 Å². The first kappa shape index (κ1) is 20.1. The topological polar surface area (TPSA) is 87.9 Å². The van der Waals surface area contributed by atoms with Crippen LogP contribution in [0.1, 0.15) is 23.3 Å². The first-order valence-corrected chi connectivity index (χ1v) is 9.89. The van der Waals surface area contributed by atoms with Crippen LogP contribution < -0.4 is 10.1 Å². The highest BCUT2D eigenvalue weighted by Gasteiger charge is 2.15. The van der Waals surface area contributed by atoms with Gasteiger partial charge in [-0.05, 0) is 30.7 Å². The van der Waals surface area contributed by atoms with E-state index in [-0.39, 0.29) is 5.69 Å². The zero-order valence-electron chi connectivity index (χ0n) is 14.5. The minimum atomic E-state index is -0.400. The number of amides is 1. The summed E-state index contributed by atoms with van der Waals surface area (Å²) in [6.07, 6.45) is 2.55. The minimum Gasteiger partial charge on any atom is -0.490 e. The van der Waals surface area contributed by atoms with E-state index >= 15 is 0 Å². The van der Waals surface area contributed by atoms with E-state index in [0.717, 1.165) is 5.56 Å². The second kappa shape index (κ2) is 9.51. The quantitative estimate of drug-likeness (QED) is 0.501. The number of anilines is 1. The largest absolute Gasteiger partial charge is 0.490 e. The van der Waals surface area contributed by atoms with Gasteiger partial charge in [-0.3, -0.25) is 4.79 Å². The molecule has 0 fully saturated rings. The molecule has 0 unspecified atom stereocenters. The third-order valence-electron chi connectivity index (χ3n) is 3.60. The molecule has 0 aliphatic rings. The van der Waals surface area contributed by atoms with E-state index in [2.05, 4.69) is 21.4 Å². The Morgan fingerprint density at radius 1 is 1.29 bits per heavy atom. The summed E-state index contributed by atoms with van der Waals surface area (Å²) < 4.78 is 5.60. The SMILES string of the molecule is N#CCCCOc1cccnc1NC(=O)c1csc(-c2ccc(Cl)c(Cl)c2)n1. The van der Waals surface area contributed by atoms with Gasteiger partial charge in [0.1, 0.15) is 10.7 Å². The lowest BCUT2D eigenvalue weighted by molar-refractivity contribution is 0.102. The van der Waals surface area contributed by atoms with E-state index in [4.69, 9.17) is 33.2 Å². The molecule has 0 aliphatic carbocycles. The second-order valence-electron chi connectivity index (χ2n) is 5.58. The molecule has 0 atom stereocenters. The number of nitrogens with zero attached hydrogens (tertiary/aromatic N) is 3. The summed E-state index contributed by atoms with van der Waals surface area (Å²) in [6, 6.07) is 10.7. The zero-order chi connectivity index (χ0) is 19.9. The van der Waals surface area contributed by atoms with Gasteiger partial charge >= 0.3 is 0 Å². The van der Waals surface area contributed by atoms with Crippen molar-refractivity contribution < 1.29 is 9.53 Å². The molecule has 0 saturated heterocycles. The second-order valence-corrected chi connectivity index (χ2v) is 7.25. The molecule has 1 N–H and O–H groups in total. The molecule has 3 aromatic rings. The molecule has 1 aromatic carbocycles. The van der Waals surface area contributed by atoms with Crippen molar-refractivity contribution in [3.63, 3.8) is 0 Å². The van der Waals surface area contributed by atoms with E-state index in [1.54, 1.807) is 41.9 Å². The summed E-state index contributed by atoms with van der Waals surface area (Å²) in [4.78, 5) is 21.1. The van der Waals surface area contributed by atoms with Crippen LogP contribution in [0.2, 0.25) is 10.0 Å². The number of hydrogen-bond donors (Lipinski definition) is 1. The van der Waals surface area contributed by atoms with Crippen LogP contribution in [0, 0.1) is 11.3 Å². The summed E-state index contributed by atoms with van der Waals surface area (Å²) in [5, 5.41) is 14.5. The molecule has 142 valence electrons. The number of nitriles is 1. The molecule has 0 spiro atoms. The van der Waals surface area contributed by atoms with Crippen molar-refractivity contribution in [1.29, 1.82) is 5.26 Å². The van der Waals surface area contributed by atoms with Crippen LogP contribution in [0.4, 0.5) is 5.82 Å². The van der Waals surface area contributed by atoms with Gasteiger partial charge in [-0.25, -0.2) is 9.97 Å². The number of halogens is 2. The molecule has 1 amide bonds. The van der Waals surface area contributed by atoms with E-state index in [9.17, 15) is 4.79 Å². The Hall–Kier alpha value is -2.66. The molecule has 3 rings (SSSR count). The summed E-state index contributed by atoms with van der Waals surface area (Å²) in [5.74, 6) is 0.338. The van der Waals surface area contributed by atoms with Gasteiger partial charge in [0.2, 0.25) is 0 Å². The van der Waals surface area contributed by atoms with Crippen LogP contribution in [0.15, 0.2) is 41.9 Å². The van der Waals surface area contributed by atoms with E-state index < -0.39 is 5.91 Å². The third kappa shape index (κ3) is 4.98. The van der Waals surface area contributed by atoms with Crippen LogP contribution in [-0.4, -0.2) is 22.5 Å². The fourth-order valence-electron chi connectivity index (χ4n) is 2.25. The highest BCUT2D eigenvalue weighted by molar-refractivity contribution is 7.13. The minimum absolute atomic E-state index is 0.257. The summed E-state index contributed by atoms with van der Waals surface area (Å²) in [6.45, 7) is 0.361.